The van der Waals surface area contributed by atoms with Crippen LogP contribution in [0.3, 0.4) is 0 Å². The molecule has 1 unspecified atom stereocenters. The van der Waals surface area contributed by atoms with E-state index in [1.807, 2.05) is 18.2 Å². The van der Waals surface area contributed by atoms with Gasteiger partial charge >= 0.3 is 6.09 Å². The van der Waals surface area contributed by atoms with Gasteiger partial charge in [-0.1, -0.05) is 41.0 Å². The zero-order valence-corrected chi connectivity index (χ0v) is 15.9. The zero-order chi connectivity index (χ0) is 19.6. The molecule has 2 amide bonds. The van der Waals surface area contributed by atoms with Gasteiger partial charge in [-0.15, -0.1) is 5.11 Å². The van der Waals surface area contributed by atoms with Gasteiger partial charge in [-0.25, -0.2) is 10.2 Å². The summed E-state index contributed by atoms with van der Waals surface area (Å²) in [6, 6.07) is 12.1. The Kier molecular flexibility index (Phi) is 5.25. The number of benzene rings is 2. The summed E-state index contributed by atoms with van der Waals surface area (Å²) in [5.41, 5.74) is 7.57. The van der Waals surface area contributed by atoms with Crippen LogP contribution < -0.4 is 10.9 Å². The lowest BCUT2D eigenvalue weighted by molar-refractivity contribution is 0.0592. The molecule has 0 spiro atoms. The second-order valence-corrected chi connectivity index (χ2v) is 7.41. The number of amides is 2. The molecule has 1 aliphatic heterocycles. The molecule has 2 aromatic rings. The second-order valence-electron chi connectivity index (χ2n) is 7.00. The molecule has 3 rings (SSSR count). The monoisotopic (exact) mass is 386 g/mol. The summed E-state index contributed by atoms with van der Waals surface area (Å²) in [5.74, 6) is -0.194. The summed E-state index contributed by atoms with van der Waals surface area (Å²) in [6.07, 6.45) is -0.770. The highest BCUT2D eigenvalue weighted by Crippen LogP contribution is 2.34. The van der Waals surface area contributed by atoms with Crippen LogP contribution in [0.1, 0.15) is 48.3 Å². The Morgan fingerprint density at radius 3 is 2.59 bits per heavy atom. The third kappa shape index (κ3) is 4.50. The van der Waals surface area contributed by atoms with E-state index in [0.29, 0.717) is 16.3 Å². The van der Waals surface area contributed by atoms with Gasteiger partial charge in [0.25, 0.3) is 5.91 Å². The lowest BCUT2D eigenvalue weighted by atomic mass is 9.93. The Morgan fingerprint density at radius 1 is 1.15 bits per heavy atom. The molecule has 1 atom stereocenters. The van der Waals surface area contributed by atoms with Crippen molar-refractivity contribution < 1.29 is 14.3 Å². The highest BCUT2D eigenvalue weighted by atomic mass is 35.5. The molecule has 7 nitrogen and oxygen atoms in total. The van der Waals surface area contributed by atoms with E-state index in [-0.39, 0.29) is 11.9 Å². The molecule has 0 bridgehead atoms. The first-order valence-corrected chi connectivity index (χ1v) is 8.71. The Morgan fingerprint density at radius 2 is 1.89 bits per heavy atom. The van der Waals surface area contributed by atoms with E-state index < -0.39 is 11.7 Å². The molecular weight excluding hydrogens is 368 g/mol. The standard InChI is InChI=1S/C19H19ClN4O3/c1-19(2,3)27-18(26)24-21-11-8-9-14(15(20)10-11)16-12-6-4-5-7-13(12)17(25)23-22-16/h4-10,16,22H,1-3H3,(H,23,25). The molecule has 0 saturated heterocycles. The number of halogens is 1. The molecule has 2 N–H and O–H groups in total. The summed E-state index contributed by atoms with van der Waals surface area (Å²) in [5, 5.41) is 7.84. The number of hydrazine groups is 1. The van der Waals surface area contributed by atoms with Crippen LogP contribution in [-0.2, 0) is 4.74 Å². The highest BCUT2D eigenvalue weighted by Gasteiger charge is 2.27. The minimum Gasteiger partial charge on any atom is -0.441 e. The van der Waals surface area contributed by atoms with Crippen LogP contribution in [-0.4, -0.2) is 17.6 Å². The van der Waals surface area contributed by atoms with E-state index in [9.17, 15) is 9.59 Å². The van der Waals surface area contributed by atoms with E-state index in [4.69, 9.17) is 16.3 Å². The first-order valence-electron chi connectivity index (χ1n) is 8.33. The van der Waals surface area contributed by atoms with Crippen molar-refractivity contribution in [3.05, 3.63) is 64.2 Å². The second kappa shape index (κ2) is 7.46. The quantitative estimate of drug-likeness (QED) is 0.732. The van der Waals surface area contributed by atoms with Gasteiger partial charge in [-0.2, -0.15) is 0 Å². The van der Waals surface area contributed by atoms with E-state index in [2.05, 4.69) is 21.1 Å². The number of nitrogens with zero attached hydrogens (tertiary/aromatic N) is 2. The Bertz CT molecular complexity index is 921. The van der Waals surface area contributed by atoms with Crippen molar-refractivity contribution in [1.29, 1.82) is 0 Å². The van der Waals surface area contributed by atoms with Gasteiger partial charge in [0.1, 0.15) is 5.60 Å². The molecular formula is C19H19ClN4O3. The molecule has 1 heterocycles. The SMILES string of the molecule is CC(C)(C)OC(=O)N=Nc1ccc(C2NNC(=O)c3ccccc32)c(Cl)c1. The minimum atomic E-state index is -0.770. The number of hydrogen-bond donors (Lipinski definition) is 2. The van der Waals surface area contributed by atoms with Crippen LogP contribution >= 0.6 is 11.6 Å². The number of carbonyl (C=O) groups excluding carboxylic acids is 2. The van der Waals surface area contributed by atoms with E-state index in [0.717, 1.165) is 11.1 Å². The van der Waals surface area contributed by atoms with Gasteiger partial charge < -0.3 is 4.74 Å². The maximum Gasteiger partial charge on any atom is 0.452 e. The molecule has 0 fully saturated rings. The van der Waals surface area contributed by atoms with Crippen molar-refractivity contribution in [3.8, 4) is 0 Å². The van der Waals surface area contributed by atoms with Crippen LogP contribution in [0, 0.1) is 0 Å². The fraction of sp³-hybridized carbons (Fsp3) is 0.263. The van der Waals surface area contributed by atoms with E-state index in [1.54, 1.807) is 45.0 Å². The first kappa shape index (κ1) is 19.0. The molecule has 0 aromatic heterocycles. The van der Waals surface area contributed by atoms with Crippen molar-refractivity contribution >= 4 is 29.3 Å². The summed E-state index contributed by atoms with van der Waals surface area (Å²) < 4.78 is 5.08. The molecule has 27 heavy (non-hydrogen) atoms. The summed E-state index contributed by atoms with van der Waals surface area (Å²) in [7, 11) is 0. The van der Waals surface area contributed by atoms with Crippen molar-refractivity contribution in [3.63, 3.8) is 0 Å². The fourth-order valence-corrected chi connectivity index (χ4v) is 2.96. The van der Waals surface area contributed by atoms with Crippen molar-refractivity contribution in [1.82, 2.24) is 10.9 Å². The predicted molar refractivity (Wildman–Crippen MR) is 101 cm³/mol. The van der Waals surface area contributed by atoms with Gasteiger partial charge in [-0.3, -0.25) is 10.2 Å². The van der Waals surface area contributed by atoms with Crippen molar-refractivity contribution in [2.75, 3.05) is 0 Å². The number of azo groups is 1. The molecule has 2 aromatic carbocycles. The van der Waals surface area contributed by atoms with Crippen LogP contribution in [0.25, 0.3) is 0 Å². The van der Waals surface area contributed by atoms with Crippen LogP contribution in [0.15, 0.2) is 52.7 Å². The average Bonchev–Trinajstić information content (AvgIpc) is 2.60. The maximum absolute atomic E-state index is 12.0. The van der Waals surface area contributed by atoms with Gasteiger partial charge in [0, 0.05) is 10.6 Å². The Balaban J connectivity index is 1.83. The normalized spacial score (nSPS) is 16.7. The smallest absolute Gasteiger partial charge is 0.441 e. The van der Waals surface area contributed by atoms with Crippen LogP contribution in [0.4, 0.5) is 10.5 Å². The average molecular weight is 387 g/mol. The fourth-order valence-electron chi connectivity index (χ4n) is 2.68. The number of fused-ring (bicyclic) bond motifs is 1. The first-order chi connectivity index (χ1) is 12.7. The number of rotatable bonds is 2. The molecule has 1 aliphatic rings. The number of carbonyl (C=O) groups is 2. The summed E-state index contributed by atoms with van der Waals surface area (Å²) in [6.45, 7) is 5.25. The molecule has 0 aliphatic carbocycles. The maximum atomic E-state index is 12.0. The summed E-state index contributed by atoms with van der Waals surface area (Å²) in [4.78, 5) is 23.6. The van der Waals surface area contributed by atoms with Crippen LogP contribution in [0.2, 0.25) is 5.02 Å². The van der Waals surface area contributed by atoms with Gasteiger partial charge in [-0.05, 0) is 50.1 Å². The topological polar surface area (TPSA) is 92.2 Å². The number of ether oxygens (including phenoxy) is 1. The Labute approximate surface area is 161 Å². The third-order valence-corrected chi connectivity index (χ3v) is 4.11. The minimum absolute atomic E-state index is 0.194. The lowest BCUT2D eigenvalue weighted by Gasteiger charge is -2.27. The predicted octanol–water partition coefficient (Wildman–Crippen LogP) is 4.70. The molecule has 8 heteroatoms. The highest BCUT2D eigenvalue weighted by molar-refractivity contribution is 6.31. The third-order valence-electron chi connectivity index (χ3n) is 3.78. The zero-order valence-electron chi connectivity index (χ0n) is 15.1. The van der Waals surface area contributed by atoms with E-state index >= 15 is 0 Å². The van der Waals surface area contributed by atoms with Crippen molar-refractivity contribution in [2.24, 2.45) is 10.2 Å². The van der Waals surface area contributed by atoms with Gasteiger partial charge in [0.2, 0.25) is 0 Å². The number of nitrogens with one attached hydrogen (secondary N) is 2. The Hall–Kier alpha value is -2.77. The van der Waals surface area contributed by atoms with E-state index in [1.165, 1.54) is 0 Å². The van der Waals surface area contributed by atoms with Crippen LogP contribution in [0.5, 0.6) is 0 Å². The van der Waals surface area contributed by atoms with Crippen molar-refractivity contribution in [2.45, 2.75) is 32.4 Å². The van der Waals surface area contributed by atoms with Gasteiger partial charge in [0.05, 0.1) is 11.7 Å². The molecule has 0 radical (unpaired) electrons. The lowest BCUT2D eigenvalue weighted by Crippen LogP contribution is -2.45. The molecule has 140 valence electrons. The van der Waals surface area contributed by atoms with Gasteiger partial charge in [0.15, 0.2) is 0 Å². The molecule has 0 saturated carbocycles. The largest absolute Gasteiger partial charge is 0.452 e. The summed E-state index contributed by atoms with van der Waals surface area (Å²) >= 11 is 6.42. The number of hydrogen-bond acceptors (Lipinski definition) is 5.